The highest BCUT2D eigenvalue weighted by Gasteiger charge is 2.27. The third-order valence-electron chi connectivity index (χ3n) is 1.53. The summed E-state index contributed by atoms with van der Waals surface area (Å²) < 4.78 is 44.1. The minimum Gasteiger partial charge on any atom is -0.388 e. The van der Waals surface area contributed by atoms with Crippen molar-refractivity contribution in [2.24, 2.45) is 0 Å². The van der Waals surface area contributed by atoms with E-state index in [1.165, 1.54) is 0 Å². The lowest BCUT2D eigenvalue weighted by Crippen LogP contribution is -2.26. The molecular weight excluding hydrogens is 213 g/mol. The molecule has 15 heavy (non-hydrogen) atoms. The van der Waals surface area contributed by atoms with Crippen LogP contribution >= 0.6 is 0 Å². The van der Waals surface area contributed by atoms with Crippen LogP contribution in [0, 0.1) is 0 Å². The van der Waals surface area contributed by atoms with E-state index in [-0.39, 0.29) is 13.2 Å². The Morgan fingerprint density at radius 2 is 1.80 bits per heavy atom. The Labute approximate surface area is 87.2 Å². The molecule has 0 radical (unpaired) electrons. The number of ether oxygens (including phenoxy) is 2. The molecule has 0 aromatic heterocycles. The van der Waals surface area contributed by atoms with Crippen molar-refractivity contribution in [2.75, 3.05) is 26.4 Å². The average Bonchev–Trinajstić information content (AvgIpc) is 2.10. The molecule has 0 aliphatic rings. The van der Waals surface area contributed by atoms with Gasteiger partial charge in [0, 0.05) is 6.61 Å². The van der Waals surface area contributed by atoms with E-state index in [1.54, 1.807) is 0 Å². The second-order valence-electron chi connectivity index (χ2n) is 3.21. The minimum atomic E-state index is -4.34. The minimum absolute atomic E-state index is 0.0118. The number of alkyl halides is 3. The van der Waals surface area contributed by atoms with Crippen LogP contribution in [0.5, 0.6) is 0 Å². The van der Waals surface area contributed by atoms with Crippen LogP contribution < -0.4 is 0 Å². The number of hydrogen-bond acceptors (Lipinski definition) is 3. The second-order valence-corrected chi connectivity index (χ2v) is 3.21. The van der Waals surface area contributed by atoms with Crippen LogP contribution in [0.15, 0.2) is 0 Å². The molecule has 0 rings (SSSR count). The maximum absolute atomic E-state index is 11.6. The Bertz CT molecular complexity index is 150. The first kappa shape index (κ1) is 14.7. The molecule has 1 N–H and O–H groups in total. The summed E-state index contributed by atoms with van der Waals surface area (Å²) in [6.07, 6.45) is -3.50. The monoisotopic (exact) mass is 230 g/mol. The zero-order valence-electron chi connectivity index (χ0n) is 8.72. The summed E-state index contributed by atoms with van der Waals surface area (Å²) in [5.41, 5.74) is 0. The smallest absolute Gasteiger partial charge is 0.388 e. The second kappa shape index (κ2) is 7.90. The highest BCUT2D eigenvalue weighted by atomic mass is 19.4. The number of aliphatic hydroxyl groups is 1. The van der Waals surface area contributed by atoms with Gasteiger partial charge in [-0.1, -0.05) is 13.3 Å². The first-order valence-electron chi connectivity index (χ1n) is 4.86. The topological polar surface area (TPSA) is 38.7 Å². The predicted octanol–water partition coefficient (Wildman–Crippen LogP) is 1.74. The van der Waals surface area contributed by atoms with Gasteiger partial charge in [0.05, 0.1) is 13.2 Å². The third kappa shape index (κ3) is 11.6. The molecule has 0 aliphatic heterocycles. The fourth-order valence-corrected chi connectivity index (χ4v) is 0.825. The third-order valence-corrected chi connectivity index (χ3v) is 1.53. The number of rotatable bonds is 8. The van der Waals surface area contributed by atoms with Crippen LogP contribution in [0.4, 0.5) is 13.2 Å². The van der Waals surface area contributed by atoms with Crippen LogP contribution in [-0.4, -0.2) is 43.8 Å². The van der Waals surface area contributed by atoms with Gasteiger partial charge in [-0.05, 0) is 6.42 Å². The molecule has 0 fully saturated rings. The molecule has 0 spiro atoms. The van der Waals surface area contributed by atoms with E-state index in [9.17, 15) is 13.2 Å². The predicted molar refractivity (Wildman–Crippen MR) is 48.6 cm³/mol. The quantitative estimate of drug-likeness (QED) is 0.645. The summed E-state index contributed by atoms with van der Waals surface area (Å²) in [7, 11) is 0. The molecule has 0 aromatic rings. The molecule has 6 heteroatoms. The van der Waals surface area contributed by atoms with E-state index in [0.29, 0.717) is 6.61 Å². The normalized spacial score (nSPS) is 14.2. The van der Waals surface area contributed by atoms with Crippen molar-refractivity contribution in [3.63, 3.8) is 0 Å². The summed E-state index contributed by atoms with van der Waals surface area (Å²) in [5, 5.41) is 9.13. The SMILES string of the molecule is CCCCOC[C@H](O)COCC(F)(F)F. The van der Waals surface area contributed by atoms with Gasteiger partial charge in [0.15, 0.2) is 0 Å². The van der Waals surface area contributed by atoms with Crippen molar-refractivity contribution in [2.45, 2.75) is 32.0 Å². The standard InChI is InChI=1S/C9H17F3O3/c1-2-3-4-14-5-8(13)6-15-7-9(10,11)12/h8,13H,2-7H2,1H3/t8-/m0/s1. The number of hydrogen-bond donors (Lipinski definition) is 1. The molecule has 0 unspecified atom stereocenters. The fraction of sp³-hybridized carbons (Fsp3) is 1.00. The zero-order valence-corrected chi connectivity index (χ0v) is 8.72. The lowest BCUT2D eigenvalue weighted by molar-refractivity contribution is -0.180. The lowest BCUT2D eigenvalue weighted by atomic mass is 10.3. The van der Waals surface area contributed by atoms with Gasteiger partial charge in [-0.3, -0.25) is 0 Å². The highest BCUT2D eigenvalue weighted by molar-refractivity contribution is 4.53. The van der Waals surface area contributed by atoms with E-state index >= 15 is 0 Å². The van der Waals surface area contributed by atoms with E-state index in [4.69, 9.17) is 9.84 Å². The summed E-state index contributed by atoms with van der Waals surface area (Å²) >= 11 is 0. The maximum Gasteiger partial charge on any atom is 0.411 e. The van der Waals surface area contributed by atoms with Crippen LogP contribution in [0.25, 0.3) is 0 Å². The molecule has 0 saturated heterocycles. The van der Waals surface area contributed by atoms with Gasteiger partial charge in [-0.2, -0.15) is 13.2 Å². The fourth-order valence-electron chi connectivity index (χ4n) is 0.825. The molecule has 0 amide bonds. The van der Waals surface area contributed by atoms with Gasteiger partial charge in [0.1, 0.15) is 12.7 Å². The molecule has 0 bridgehead atoms. The Morgan fingerprint density at radius 1 is 1.20 bits per heavy atom. The van der Waals surface area contributed by atoms with Crippen LogP contribution in [-0.2, 0) is 9.47 Å². The summed E-state index contributed by atoms with van der Waals surface area (Å²) in [4.78, 5) is 0. The Kier molecular flexibility index (Phi) is 7.72. The molecule has 3 nitrogen and oxygen atoms in total. The van der Waals surface area contributed by atoms with E-state index < -0.39 is 18.9 Å². The first-order valence-corrected chi connectivity index (χ1v) is 4.86. The van der Waals surface area contributed by atoms with Gasteiger partial charge in [-0.25, -0.2) is 0 Å². The van der Waals surface area contributed by atoms with Crippen molar-refractivity contribution in [3.8, 4) is 0 Å². The van der Waals surface area contributed by atoms with Gasteiger partial charge < -0.3 is 14.6 Å². The molecule has 92 valence electrons. The molecular formula is C9H17F3O3. The summed E-state index contributed by atoms with van der Waals surface area (Å²) in [5.74, 6) is 0. The van der Waals surface area contributed by atoms with E-state index in [0.717, 1.165) is 12.8 Å². The van der Waals surface area contributed by atoms with E-state index in [2.05, 4.69) is 4.74 Å². The van der Waals surface area contributed by atoms with Crippen LogP contribution in [0.2, 0.25) is 0 Å². The lowest BCUT2D eigenvalue weighted by Gasteiger charge is -2.12. The molecule has 0 aromatic carbocycles. The number of unbranched alkanes of at least 4 members (excludes halogenated alkanes) is 1. The Balaban J connectivity index is 3.29. The molecule has 0 heterocycles. The first-order chi connectivity index (χ1) is 6.95. The Morgan fingerprint density at radius 3 is 2.33 bits per heavy atom. The number of aliphatic hydroxyl groups excluding tert-OH is 1. The Hall–Kier alpha value is -0.330. The van der Waals surface area contributed by atoms with Crippen LogP contribution in [0.3, 0.4) is 0 Å². The molecule has 1 atom stereocenters. The van der Waals surface area contributed by atoms with Gasteiger partial charge in [0.25, 0.3) is 0 Å². The summed E-state index contributed by atoms with van der Waals surface area (Å²) in [6, 6.07) is 0. The highest BCUT2D eigenvalue weighted by Crippen LogP contribution is 2.14. The van der Waals surface area contributed by atoms with Crippen LogP contribution in [0.1, 0.15) is 19.8 Å². The number of halogens is 3. The largest absolute Gasteiger partial charge is 0.411 e. The molecule has 0 aliphatic carbocycles. The average molecular weight is 230 g/mol. The van der Waals surface area contributed by atoms with Crippen molar-refractivity contribution >= 4 is 0 Å². The zero-order chi connectivity index (χ0) is 11.7. The maximum atomic E-state index is 11.6. The van der Waals surface area contributed by atoms with E-state index in [1.807, 2.05) is 6.92 Å². The van der Waals surface area contributed by atoms with Crippen molar-refractivity contribution in [1.29, 1.82) is 0 Å². The van der Waals surface area contributed by atoms with Crippen molar-refractivity contribution < 1.29 is 27.8 Å². The van der Waals surface area contributed by atoms with Crippen molar-refractivity contribution in [1.82, 2.24) is 0 Å². The van der Waals surface area contributed by atoms with Gasteiger partial charge in [-0.15, -0.1) is 0 Å². The van der Waals surface area contributed by atoms with Crippen molar-refractivity contribution in [3.05, 3.63) is 0 Å². The van der Waals surface area contributed by atoms with Gasteiger partial charge >= 0.3 is 6.18 Å². The summed E-state index contributed by atoms with van der Waals surface area (Å²) in [6.45, 7) is 0.821. The molecule has 0 saturated carbocycles. The van der Waals surface area contributed by atoms with Gasteiger partial charge in [0.2, 0.25) is 0 Å².